The second-order valence-electron chi connectivity index (χ2n) is 5.77. The Hall–Kier alpha value is -2.02. The van der Waals surface area contributed by atoms with Gasteiger partial charge in [-0.2, -0.15) is 0 Å². The van der Waals surface area contributed by atoms with Crippen molar-refractivity contribution in [1.29, 1.82) is 0 Å². The van der Waals surface area contributed by atoms with Gasteiger partial charge in [0.25, 0.3) is 0 Å². The minimum absolute atomic E-state index is 0.237. The Morgan fingerprint density at radius 1 is 1.05 bits per heavy atom. The van der Waals surface area contributed by atoms with E-state index in [9.17, 15) is 0 Å². The first-order chi connectivity index (χ1) is 9.55. The molecule has 0 aliphatic carbocycles. The molecule has 0 bridgehead atoms. The van der Waals surface area contributed by atoms with Crippen molar-refractivity contribution in [3.8, 4) is 0 Å². The normalized spacial score (nSPS) is 11.2. The monoisotopic (exact) mass is 265 g/mol. The Kier molecular flexibility index (Phi) is 4.29. The van der Waals surface area contributed by atoms with Crippen molar-refractivity contribution in [1.82, 2.24) is 0 Å². The highest BCUT2D eigenvalue weighted by atomic mass is 14.9. The third-order valence-corrected chi connectivity index (χ3v) is 3.96. The number of benzene rings is 2. The number of anilines is 2. The molecule has 0 aromatic heterocycles. The molecule has 0 aliphatic heterocycles. The largest absolute Gasteiger partial charge is 0.356 e. The van der Waals surface area contributed by atoms with Gasteiger partial charge in [-0.1, -0.05) is 57.7 Å². The molecule has 1 nitrogen and oxygen atoms in total. The highest BCUT2D eigenvalue weighted by Gasteiger charge is 2.17. The minimum atomic E-state index is 0.237. The number of nitrogens with one attached hydrogen (secondary N) is 1. The first kappa shape index (κ1) is 14.4. The van der Waals surface area contributed by atoms with Gasteiger partial charge in [0.15, 0.2) is 0 Å². The fourth-order valence-electron chi connectivity index (χ4n) is 2.12. The van der Waals surface area contributed by atoms with E-state index in [1.165, 1.54) is 5.56 Å². The predicted molar refractivity (Wildman–Crippen MR) is 89.6 cm³/mol. The standard InChI is InChI=1S/C19H23N/c1-5-15-8-7-9-18(14-15)20-17-12-10-16(11-13-17)19(3,4)6-2/h5,7-14,20H,1,6H2,2-4H3. The second-order valence-corrected chi connectivity index (χ2v) is 5.77. The lowest BCUT2D eigenvalue weighted by molar-refractivity contribution is 0.506. The summed E-state index contributed by atoms with van der Waals surface area (Å²) in [5.41, 5.74) is 4.94. The molecule has 0 atom stereocenters. The summed E-state index contributed by atoms with van der Waals surface area (Å²) < 4.78 is 0. The lowest BCUT2D eigenvalue weighted by Crippen LogP contribution is -2.15. The van der Waals surface area contributed by atoms with Gasteiger partial charge >= 0.3 is 0 Å². The van der Waals surface area contributed by atoms with Crippen LogP contribution >= 0.6 is 0 Å². The third kappa shape index (κ3) is 3.30. The summed E-state index contributed by atoms with van der Waals surface area (Å²) in [6.45, 7) is 10.6. The van der Waals surface area contributed by atoms with Crippen LogP contribution in [0.25, 0.3) is 6.08 Å². The molecule has 20 heavy (non-hydrogen) atoms. The summed E-state index contributed by atoms with van der Waals surface area (Å²) in [5, 5.41) is 3.43. The summed E-state index contributed by atoms with van der Waals surface area (Å²) in [4.78, 5) is 0. The van der Waals surface area contributed by atoms with Crippen LogP contribution in [0.2, 0.25) is 0 Å². The van der Waals surface area contributed by atoms with Gasteiger partial charge in [-0.05, 0) is 47.2 Å². The number of rotatable bonds is 5. The zero-order valence-electron chi connectivity index (χ0n) is 12.6. The molecule has 0 radical (unpaired) electrons. The van der Waals surface area contributed by atoms with E-state index in [1.807, 2.05) is 18.2 Å². The van der Waals surface area contributed by atoms with E-state index in [2.05, 4.69) is 69.1 Å². The highest BCUT2D eigenvalue weighted by molar-refractivity contribution is 5.63. The van der Waals surface area contributed by atoms with Crippen LogP contribution in [0, 0.1) is 0 Å². The molecule has 0 unspecified atom stereocenters. The molecule has 0 fully saturated rings. The lowest BCUT2D eigenvalue weighted by Gasteiger charge is -2.23. The van der Waals surface area contributed by atoms with Crippen molar-refractivity contribution in [2.75, 3.05) is 5.32 Å². The summed E-state index contributed by atoms with van der Waals surface area (Å²) >= 11 is 0. The minimum Gasteiger partial charge on any atom is -0.356 e. The molecule has 0 spiro atoms. The topological polar surface area (TPSA) is 12.0 Å². The number of hydrogen-bond donors (Lipinski definition) is 1. The smallest absolute Gasteiger partial charge is 0.0390 e. The molecular formula is C19H23N. The van der Waals surface area contributed by atoms with Crippen LogP contribution in [-0.2, 0) is 5.41 Å². The molecule has 0 heterocycles. The molecule has 2 rings (SSSR count). The molecule has 0 amide bonds. The summed E-state index contributed by atoms with van der Waals surface area (Å²) in [6.07, 6.45) is 3.00. The maximum absolute atomic E-state index is 3.80. The molecule has 2 aromatic carbocycles. The van der Waals surface area contributed by atoms with Crippen LogP contribution in [0.5, 0.6) is 0 Å². The van der Waals surface area contributed by atoms with E-state index in [-0.39, 0.29) is 5.41 Å². The maximum atomic E-state index is 3.80. The van der Waals surface area contributed by atoms with Crippen LogP contribution in [0.4, 0.5) is 11.4 Å². The van der Waals surface area contributed by atoms with E-state index in [1.54, 1.807) is 0 Å². The second kappa shape index (κ2) is 5.96. The Morgan fingerprint density at radius 2 is 1.75 bits per heavy atom. The van der Waals surface area contributed by atoms with Crippen molar-refractivity contribution in [3.05, 3.63) is 66.2 Å². The summed E-state index contributed by atoms with van der Waals surface area (Å²) in [7, 11) is 0. The SMILES string of the molecule is C=Cc1cccc(Nc2ccc(C(C)(C)CC)cc2)c1. The Morgan fingerprint density at radius 3 is 2.35 bits per heavy atom. The van der Waals surface area contributed by atoms with Crippen LogP contribution < -0.4 is 5.32 Å². The predicted octanol–water partition coefficient (Wildman–Crippen LogP) is 5.76. The lowest BCUT2D eigenvalue weighted by atomic mass is 9.82. The van der Waals surface area contributed by atoms with E-state index in [4.69, 9.17) is 0 Å². The Balaban J connectivity index is 2.16. The molecule has 2 aromatic rings. The van der Waals surface area contributed by atoms with Gasteiger partial charge in [0.2, 0.25) is 0 Å². The van der Waals surface area contributed by atoms with Crippen LogP contribution in [0.15, 0.2) is 55.1 Å². The van der Waals surface area contributed by atoms with Crippen molar-refractivity contribution >= 4 is 17.5 Å². The first-order valence-corrected chi connectivity index (χ1v) is 7.15. The van der Waals surface area contributed by atoms with E-state index in [0.717, 1.165) is 23.4 Å². The Labute approximate surface area is 122 Å². The van der Waals surface area contributed by atoms with Gasteiger partial charge in [-0.3, -0.25) is 0 Å². The summed E-state index contributed by atoms with van der Waals surface area (Å²) in [5.74, 6) is 0. The molecule has 0 saturated carbocycles. The maximum Gasteiger partial charge on any atom is 0.0390 e. The average Bonchev–Trinajstić information content (AvgIpc) is 2.48. The number of hydrogen-bond acceptors (Lipinski definition) is 1. The Bertz CT molecular complexity index is 579. The van der Waals surface area contributed by atoms with E-state index >= 15 is 0 Å². The fraction of sp³-hybridized carbons (Fsp3) is 0.263. The van der Waals surface area contributed by atoms with Crippen LogP contribution in [0.1, 0.15) is 38.3 Å². The van der Waals surface area contributed by atoms with Gasteiger partial charge in [-0.25, -0.2) is 0 Å². The molecule has 0 saturated heterocycles. The highest BCUT2D eigenvalue weighted by Crippen LogP contribution is 2.28. The first-order valence-electron chi connectivity index (χ1n) is 7.15. The van der Waals surface area contributed by atoms with Crippen molar-refractivity contribution < 1.29 is 0 Å². The zero-order valence-corrected chi connectivity index (χ0v) is 12.6. The third-order valence-electron chi connectivity index (χ3n) is 3.96. The molecule has 104 valence electrons. The quantitative estimate of drug-likeness (QED) is 0.724. The van der Waals surface area contributed by atoms with Gasteiger partial charge < -0.3 is 5.32 Å². The molecule has 0 aliphatic rings. The van der Waals surface area contributed by atoms with Gasteiger partial charge in [-0.15, -0.1) is 0 Å². The van der Waals surface area contributed by atoms with Crippen molar-refractivity contribution in [3.63, 3.8) is 0 Å². The van der Waals surface area contributed by atoms with Crippen molar-refractivity contribution in [2.45, 2.75) is 32.6 Å². The summed E-state index contributed by atoms with van der Waals surface area (Å²) in [6, 6.07) is 17.0. The van der Waals surface area contributed by atoms with E-state index < -0.39 is 0 Å². The molecule has 1 N–H and O–H groups in total. The van der Waals surface area contributed by atoms with E-state index in [0.29, 0.717) is 0 Å². The fourth-order valence-corrected chi connectivity index (χ4v) is 2.12. The van der Waals surface area contributed by atoms with Gasteiger partial charge in [0.1, 0.15) is 0 Å². The van der Waals surface area contributed by atoms with Gasteiger partial charge in [0, 0.05) is 11.4 Å². The molecule has 1 heteroatoms. The molecular weight excluding hydrogens is 242 g/mol. The van der Waals surface area contributed by atoms with Gasteiger partial charge in [0.05, 0.1) is 0 Å². The van der Waals surface area contributed by atoms with Crippen LogP contribution in [0.3, 0.4) is 0 Å². The zero-order chi connectivity index (χ0) is 14.6. The average molecular weight is 265 g/mol. The van der Waals surface area contributed by atoms with Crippen LogP contribution in [-0.4, -0.2) is 0 Å². The van der Waals surface area contributed by atoms with Crippen molar-refractivity contribution in [2.24, 2.45) is 0 Å².